The van der Waals surface area contributed by atoms with Gasteiger partial charge >= 0.3 is 0 Å². The van der Waals surface area contributed by atoms with Crippen molar-refractivity contribution in [1.82, 2.24) is 0 Å². The monoisotopic (exact) mass is 662 g/mol. The van der Waals surface area contributed by atoms with Crippen molar-refractivity contribution in [3.8, 4) is 22.3 Å². The molecule has 0 aliphatic rings. The molecule has 11 aromatic carbocycles. The third-order valence-corrected chi connectivity index (χ3v) is 12.4. The van der Waals surface area contributed by atoms with Crippen molar-refractivity contribution in [2.45, 2.75) is 40.5 Å². The Bertz CT molecular complexity index is 3070. The summed E-state index contributed by atoms with van der Waals surface area (Å²) < 4.78 is 0. The van der Waals surface area contributed by atoms with Crippen LogP contribution in [0.15, 0.2) is 133 Å². The van der Waals surface area contributed by atoms with E-state index in [9.17, 15) is 0 Å². The molecule has 0 heteroatoms. The molecule has 0 fully saturated rings. The quantitative estimate of drug-likeness (QED) is 0.165. The van der Waals surface area contributed by atoms with Crippen LogP contribution in [0.25, 0.3) is 108 Å². The Balaban J connectivity index is 1.60. The van der Waals surface area contributed by atoms with Gasteiger partial charge in [-0.15, -0.1) is 0 Å². The average molecular weight is 663 g/mol. The Morgan fingerprint density at radius 2 is 0.673 bits per heavy atom. The second kappa shape index (κ2) is 10.8. The molecule has 0 aliphatic heterocycles. The molecule has 11 rings (SSSR count). The van der Waals surface area contributed by atoms with E-state index in [1.807, 2.05) is 0 Å². The third kappa shape index (κ3) is 3.72. The number of hydrogen-bond donors (Lipinski definition) is 0. The summed E-state index contributed by atoms with van der Waals surface area (Å²) in [4.78, 5) is 0. The molecule has 0 saturated heterocycles. The van der Waals surface area contributed by atoms with E-state index in [0.29, 0.717) is 0 Å². The first-order valence-electron chi connectivity index (χ1n) is 18.9. The molecular weight excluding hydrogens is 625 g/mol. The van der Waals surface area contributed by atoms with Crippen LogP contribution in [0.4, 0.5) is 0 Å². The maximum absolute atomic E-state index is 2.47. The predicted octanol–water partition coefficient (Wildman–Crippen LogP) is 14.9. The maximum Gasteiger partial charge on any atom is -0.0000927 e. The molecule has 246 valence electrons. The molecule has 0 amide bonds. The van der Waals surface area contributed by atoms with E-state index >= 15 is 0 Å². The lowest BCUT2D eigenvalue weighted by Crippen LogP contribution is -1.94. The lowest BCUT2D eigenvalue weighted by Gasteiger charge is -2.21. The van der Waals surface area contributed by atoms with Crippen LogP contribution in [0, 0.1) is 13.8 Å². The van der Waals surface area contributed by atoms with Crippen molar-refractivity contribution in [3.63, 3.8) is 0 Å². The first kappa shape index (κ1) is 29.7. The molecule has 0 heterocycles. The van der Waals surface area contributed by atoms with Crippen LogP contribution >= 0.6 is 0 Å². The fraction of sp³-hybridized carbons (Fsp3) is 0.115. The molecule has 0 radical (unpaired) electrons. The van der Waals surface area contributed by atoms with Crippen LogP contribution < -0.4 is 0 Å². The van der Waals surface area contributed by atoms with Gasteiger partial charge in [0, 0.05) is 0 Å². The fourth-order valence-corrected chi connectivity index (χ4v) is 10.0. The zero-order chi connectivity index (χ0) is 34.8. The molecule has 0 nitrogen and oxygen atoms in total. The maximum atomic E-state index is 2.47. The molecule has 0 N–H and O–H groups in total. The van der Waals surface area contributed by atoms with Gasteiger partial charge in [0.15, 0.2) is 0 Å². The third-order valence-electron chi connectivity index (χ3n) is 12.4. The minimum Gasteiger partial charge on any atom is -0.0622 e. The first-order chi connectivity index (χ1) is 25.6. The van der Waals surface area contributed by atoms with Crippen LogP contribution in [0.2, 0.25) is 0 Å². The summed E-state index contributed by atoms with van der Waals surface area (Å²) in [6.07, 6.45) is 2.02. The molecule has 0 aromatic heterocycles. The topological polar surface area (TPSA) is 0 Å². The molecule has 0 saturated carbocycles. The van der Waals surface area contributed by atoms with E-state index in [1.54, 1.807) is 0 Å². The van der Waals surface area contributed by atoms with Crippen molar-refractivity contribution in [1.29, 1.82) is 0 Å². The van der Waals surface area contributed by atoms with Gasteiger partial charge in [0.2, 0.25) is 0 Å². The molecule has 52 heavy (non-hydrogen) atoms. The van der Waals surface area contributed by atoms with E-state index in [1.165, 1.54) is 131 Å². The Hall–Kier alpha value is -5.98. The second-order valence-corrected chi connectivity index (χ2v) is 14.9. The Morgan fingerprint density at radius 3 is 1.08 bits per heavy atom. The standard InChI is InChI=1S/C52H38/c1-5-31-23-25-39-46-36(31)20-14-22-38(46)49-48(39)47-37-21-13-19-35-32(6-2)24-26-40(45(35)37)50(47)52-44(34-17-11-8-12-18-34)42-28-30(4)29(3)27-41(42)43(51(49)52)33-15-9-7-10-16-33/h7-28H,5-6H2,1-4H3. The van der Waals surface area contributed by atoms with Crippen molar-refractivity contribution in [2.24, 2.45) is 0 Å². The van der Waals surface area contributed by atoms with Crippen LogP contribution in [0.1, 0.15) is 36.1 Å². The molecule has 0 unspecified atom stereocenters. The summed E-state index contributed by atoms with van der Waals surface area (Å²) in [6, 6.07) is 51.2. The van der Waals surface area contributed by atoms with Crippen LogP contribution in [0.3, 0.4) is 0 Å². The van der Waals surface area contributed by atoms with Crippen LogP contribution in [-0.4, -0.2) is 0 Å². The second-order valence-electron chi connectivity index (χ2n) is 14.9. The highest BCUT2D eigenvalue weighted by Gasteiger charge is 2.29. The van der Waals surface area contributed by atoms with Gasteiger partial charge in [-0.1, -0.05) is 147 Å². The van der Waals surface area contributed by atoms with E-state index < -0.39 is 0 Å². The molecule has 0 bridgehead atoms. The van der Waals surface area contributed by atoms with E-state index in [4.69, 9.17) is 0 Å². The predicted molar refractivity (Wildman–Crippen MR) is 228 cm³/mol. The number of fused-ring (bicyclic) bond motifs is 11. The summed E-state index contributed by atoms with van der Waals surface area (Å²) in [5, 5.41) is 22.0. The van der Waals surface area contributed by atoms with Crippen molar-refractivity contribution in [2.75, 3.05) is 0 Å². The van der Waals surface area contributed by atoms with Crippen LogP contribution in [0.5, 0.6) is 0 Å². The molecule has 0 spiro atoms. The summed E-state index contributed by atoms with van der Waals surface area (Å²) in [7, 11) is 0. The zero-order valence-electron chi connectivity index (χ0n) is 30.1. The highest BCUT2D eigenvalue weighted by Crippen LogP contribution is 2.57. The minimum absolute atomic E-state index is 1.01. The van der Waals surface area contributed by atoms with Gasteiger partial charge in [-0.2, -0.15) is 0 Å². The normalized spacial score (nSPS) is 12.4. The average Bonchev–Trinajstić information content (AvgIpc) is 3.70. The largest absolute Gasteiger partial charge is 0.0622 e. The van der Waals surface area contributed by atoms with Crippen molar-refractivity contribution in [3.05, 3.63) is 156 Å². The SMILES string of the molecule is CCc1ccc2c3c1cccc3c1c2c2c(-c3ccccc3)c3cc(C)c(C)cc3c(-c3ccccc3)c2c2c3cccc4c(CC)ccc(c43)c21. The van der Waals surface area contributed by atoms with E-state index in [-0.39, 0.29) is 0 Å². The summed E-state index contributed by atoms with van der Waals surface area (Å²) in [5.41, 5.74) is 10.7. The number of benzene rings is 9. The summed E-state index contributed by atoms with van der Waals surface area (Å²) in [5.74, 6) is 0. The first-order valence-corrected chi connectivity index (χ1v) is 18.9. The lowest BCUT2D eigenvalue weighted by molar-refractivity contribution is 1.16. The van der Waals surface area contributed by atoms with Gasteiger partial charge < -0.3 is 0 Å². The highest BCUT2D eigenvalue weighted by molar-refractivity contribution is 6.53. The Labute approximate surface area is 303 Å². The highest BCUT2D eigenvalue weighted by atomic mass is 14.3. The fourth-order valence-electron chi connectivity index (χ4n) is 10.0. The van der Waals surface area contributed by atoms with Gasteiger partial charge in [0.25, 0.3) is 0 Å². The number of aryl methyl sites for hydroxylation is 4. The van der Waals surface area contributed by atoms with Gasteiger partial charge in [0.05, 0.1) is 0 Å². The van der Waals surface area contributed by atoms with Gasteiger partial charge in [0.1, 0.15) is 0 Å². The lowest BCUT2D eigenvalue weighted by atomic mass is 9.81. The van der Waals surface area contributed by atoms with Gasteiger partial charge in [-0.05, 0) is 157 Å². The van der Waals surface area contributed by atoms with Gasteiger partial charge in [-0.25, -0.2) is 0 Å². The minimum atomic E-state index is 1.01. The van der Waals surface area contributed by atoms with Gasteiger partial charge in [-0.3, -0.25) is 0 Å². The summed E-state index contributed by atoms with van der Waals surface area (Å²) >= 11 is 0. The number of rotatable bonds is 4. The van der Waals surface area contributed by atoms with Crippen molar-refractivity contribution < 1.29 is 0 Å². The zero-order valence-corrected chi connectivity index (χ0v) is 30.1. The molecule has 11 aromatic rings. The smallest absolute Gasteiger partial charge is 0.0000927 e. The van der Waals surface area contributed by atoms with E-state index in [0.717, 1.165) is 12.8 Å². The molecule has 0 atom stereocenters. The summed E-state index contributed by atoms with van der Waals surface area (Å²) in [6.45, 7) is 9.12. The van der Waals surface area contributed by atoms with Crippen LogP contribution in [-0.2, 0) is 12.8 Å². The number of hydrogen-bond acceptors (Lipinski definition) is 0. The molecule has 0 aliphatic carbocycles. The van der Waals surface area contributed by atoms with Crippen molar-refractivity contribution >= 4 is 86.2 Å². The molecular formula is C52H38. The Morgan fingerprint density at radius 1 is 0.308 bits per heavy atom. The van der Waals surface area contributed by atoms with E-state index in [2.05, 4.69) is 161 Å². The Kier molecular flexibility index (Phi) is 6.15.